The number of amides is 3. The van der Waals surface area contributed by atoms with Gasteiger partial charge in [-0.2, -0.15) is 0 Å². The highest BCUT2D eigenvalue weighted by Gasteiger charge is 2.40. The average Bonchev–Trinajstić information content (AvgIpc) is 2.97. The van der Waals surface area contributed by atoms with Crippen molar-refractivity contribution in [3.63, 3.8) is 0 Å². The standard InChI is InChI=1S/C19H29N5O3Si/c1-19(2,3)28(5,6)27-17-15(16(20)25)24(12-22-17)11-13-7-9-14(10-8-13)23-18(26)21-4/h7-10,12H,11H2,1-6H3,(H2,20,25)(H2,21,23,26). The number of benzene rings is 1. The molecular weight excluding hydrogens is 374 g/mol. The number of nitrogens with zero attached hydrogens (tertiary/aromatic N) is 2. The maximum absolute atomic E-state index is 12.1. The van der Waals surface area contributed by atoms with Crippen molar-refractivity contribution in [2.24, 2.45) is 5.73 Å². The van der Waals surface area contributed by atoms with Gasteiger partial charge in [-0.25, -0.2) is 9.78 Å². The molecule has 1 heterocycles. The van der Waals surface area contributed by atoms with Gasteiger partial charge < -0.3 is 25.4 Å². The highest BCUT2D eigenvalue weighted by atomic mass is 28.4. The Kier molecular flexibility index (Phi) is 6.18. The van der Waals surface area contributed by atoms with Crippen molar-refractivity contribution >= 4 is 25.9 Å². The smallest absolute Gasteiger partial charge is 0.318 e. The number of aromatic nitrogens is 2. The first-order valence-corrected chi connectivity index (χ1v) is 12.0. The number of rotatable bonds is 6. The summed E-state index contributed by atoms with van der Waals surface area (Å²) in [5, 5.41) is 5.16. The molecule has 0 aliphatic heterocycles. The molecule has 0 fully saturated rings. The van der Waals surface area contributed by atoms with Crippen molar-refractivity contribution in [1.82, 2.24) is 14.9 Å². The van der Waals surface area contributed by atoms with E-state index in [1.165, 1.54) is 0 Å². The van der Waals surface area contributed by atoms with Gasteiger partial charge >= 0.3 is 6.03 Å². The molecule has 1 aromatic carbocycles. The van der Waals surface area contributed by atoms with Gasteiger partial charge in [-0.15, -0.1) is 0 Å². The van der Waals surface area contributed by atoms with Crippen LogP contribution in [-0.4, -0.2) is 36.9 Å². The number of urea groups is 1. The van der Waals surface area contributed by atoms with Gasteiger partial charge in [-0.1, -0.05) is 32.9 Å². The lowest BCUT2D eigenvalue weighted by Crippen LogP contribution is -2.44. The number of imidazole rings is 1. The van der Waals surface area contributed by atoms with Crippen LogP contribution >= 0.6 is 0 Å². The first-order valence-electron chi connectivity index (χ1n) is 9.06. The number of carbonyl (C=O) groups is 2. The van der Waals surface area contributed by atoms with E-state index in [1.54, 1.807) is 30.1 Å². The van der Waals surface area contributed by atoms with Crippen molar-refractivity contribution in [2.75, 3.05) is 12.4 Å². The Morgan fingerprint density at radius 1 is 1.21 bits per heavy atom. The van der Waals surface area contributed by atoms with E-state index >= 15 is 0 Å². The molecule has 2 aromatic rings. The van der Waals surface area contributed by atoms with Crippen molar-refractivity contribution < 1.29 is 14.0 Å². The van der Waals surface area contributed by atoms with Crippen molar-refractivity contribution in [3.05, 3.63) is 41.9 Å². The third kappa shape index (κ3) is 4.92. The van der Waals surface area contributed by atoms with Crippen LogP contribution in [0.3, 0.4) is 0 Å². The highest BCUT2D eigenvalue weighted by Crippen LogP contribution is 2.37. The lowest BCUT2D eigenvalue weighted by Gasteiger charge is -2.35. The van der Waals surface area contributed by atoms with E-state index in [9.17, 15) is 9.59 Å². The molecule has 0 aliphatic rings. The van der Waals surface area contributed by atoms with Gasteiger partial charge in [0, 0.05) is 19.3 Å². The summed E-state index contributed by atoms with van der Waals surface area (Å²) >= 11 is 0. The van der Waals surface area contributed by atoms with Gasteiger partial charge in [0.15, 0.2) is 5.69 Å². The van der Waals surface area contributed by atoms with Crippen LogP contribution < -0.4 is 20.8 Å². The van der Waals surface area contributed by atoms with Crippen LogP contribution in [0.2, 0.25) is 18.1 Å². The van der Waals surface area contributed by atoms with Crippen LogP contribution in [0.4, 0.5) is 10.5 Å². The zero-order chi connectivity index (χ0) is 21.1. The number of carbonyl (C=O) groups excluding carboxylic acids is 2. The molecule has 9 heteroatoms. The molecule has 4 N–H and O–H groups in total. The van der Waals surface area contributed by atoms with E-state index in [1.807, 2.05) is 12.1 Å². The third-order valence-corrected chi connectivity index (χ3v) is 9.30. The summed E-state index contributed by atoms with van der Waals surface area (Å²) < 4.78 is 7.89. The third-order valence-electron chi connectivity index (χ3n) is 4.99. The maximum Gasteiger partial charge on any atom is 0.318 e. The summed E-state index contributed by atoms with van der Waals surface area (Å²) in [6, 6.07) is 7.03. The van der Waals surface area contributed by atoms with Crippen molar-refractivity contribution in [1.29, 1.82) is 0 Å². The second-order valence-electron chi connectivity index (χ2n) is 8.15. The maximum atomic E-state index is 12.1. The first-order chi connectivity index (χ1) is 12.9. The first kappa shape index (κ1) is 21.5. The molecule has 8 nitrogen and oxygen atoms in total. The number of anilines is 1. The van der Waals surface area contributed by atoms with E-state index in [2.05, 4.69) is 49.5 Å². The molecule has 0 bridgehead atoms. The highest BCUT2D eigenvalue weighted by molar-refractivity contribution is 6.74. The second-order valence-corrected chi connectivity index (χ2v) is 12.9. The Morgan fingerprint density at radius 2 is 1.82 bits per heavy atom. The normalized spacial score (nSPS) is 11.8. The fraction of sp³-hybridized carbons (Fsp3) is 0.421. The van der Waals surface area contributed by atoms with E-state index in [-0.39, 0.29) is 22.6 Å². The minimum atomic E-state index is -2.16. The van der Waals surface area contributed by atoms with E-state index < -0.39 is 14.2 Å². The molecule has 0 saturated heterocycles. The van der Waals surface area contributed by atoms with Crippen molar-refractivity contribution in [2.45, 2.75) is 45.4 Å². The Balaban J connectivity index is 2.24. The zero-order valence-electron chi connectivity index (χ0n) is 17.3. The Hall–Kier alpha value is -2.81. The molecule has 1 aromatic heterocycles. The summed E-state index contributed by atoms with van der Waals surface area (Å²) in [5.41, 5.74) is 7.48. The summed E-state index contributed by atoms with van der Waals surface area (Å²) in [7, 11) is -0.605. The minimum Gasteiger partial charge on any atom is -0.529 e. The topological polar surface area (TPSA) is 111 Å². The zero-order valence-corrected chi connectivity index (χ0v) is 18.3. The second kappa shape index (κ2) is 8.05. The van der Waals surface area contributed by atoms with Crippen molar-refractivity contribution in [3.8, 4) is 5.88 Å². The minimum absolute atomic E-state index is 0.0285. The van der Waals surface area contributed by atoms with Crippen LogP contribution in [0, 0.1) is 0 Å². The van der Waals surface area contributed by atoms with E-state index in [0.29, 0.717) is 12.2 Å². The number of nitrogens with one attached hydrogen (secondary N) is 2. The van der Waals surface area contributed by atoms with E-state index in [0.717, 1.165) is 5.56 Å². The van der Waals surface area contributed by atoms with Crippen LogP contribution in [0.5, 0.6) is 5.88 Å². The number of nitrogens with two attached hydrogens (primary N) is 1. The van der Waals surface area contributed by atoms with Crippen LogP contribution in [-0.2, 0) is 6.54 Å². The molecule has 0 saturated carbocycles. The fourth-order valence-electron chi connectivity index (χ4n) is 2.28. The Labute approximate surface area is 166 Å². The van der Waals surface area contributed by atoms with Gasteiger partial charge in [-0.05, 0) is 35.8 Å². The molecule has 0 atom stereocenters. The molecule has 2 rings (SSSR count). The predicted octanol–water partition coefficient (Wildman–Crippen LogP) is 3.17. The summed E-state index contributed by atoms with van der Waals surface area (Å²) in [6.45, 7) is 11.0. The Morgan fingerprint density at radius 3 is 2.32 bits per heavy atom. The number of hydrogen-bond donors (Lipinski definition) is 3. The van der Waals surface area contributed by atoms with Crippen LogP contribution in [0.25, 0.3) is 0 Å². The molecule has 152 valence electrons. The van der Waals surface area contributed by atoms with Gasteiger partial charge in [0.1, 0.15) is 0 Å². The summed E-state index contributed by atoms with van der Waals surface area (Å²) in [5.74, 6) is -0.291. The molecule has 0 aliphatic carbocycles. The van der Waals surface area contributed by atoms with E-state index in [4.69, 9.17) is 10.2 Å². The predicted molar refractivity (Wildman–Crippen MR) is 112 cm³/mol. The monoisotopic (exact) mass is 403 g/mol. The fourth-order valence-corrected chi connectivity index (χ4v) is 3.22. The Bertz CT molecular complexity index is 853. The summed E-state index contributed by atoms with van der Waals surface area (Å²) in [6.07, 6.45) is 1.57. The molecule has 3 amide bonds. The average molecular weight is 404 g/mol. The number of primary amides is 1. The van der Waals surface area contributed by atoms with Crippen LogP contribution in [0.15, 0.2) is 30.6 Å². The molecule has 0 radical (unpaired) electrons. The van der Waals surface area contributed by atoms with Gasteiger partial charge in [0.25, 0.3) is 14.2 Å². The SMILES string of the molecule is CNC(=O)Nc1ccc(Cn2cnc(O[Si](C)(C)C(C)(C)C)c2C(N)=O)cc1. The molecule has 0 spiro atoms. The quantitative estimate of drug-likeness (QED) is 0.643. The molecule has 0 unspecified atom stereocenters. The lowest BCUT2D eigenvalue weighted by molar-refractivity contribution is 0.0989. The molecule has 28 heavy (non-hydrogen) atoms. The largest absolute Gasteiger partial charge is 0.529 e. The molecular formula is C19H29N5O3Si. The van der Waals surface area contributed by atoms with Gasteiger partial charge in [0.2, 0.25) is 5.88 Å². The summed E-state index contributed by atoms with van der Waals surface area (Å²) in [4.78, 5) is 27.8. The van der Waals surface area contributed by atoms with Gasteiger partial charge in [0.05, 0.1) is 6.33 Å². The lowest BCUT2D eigenvalue weighted by atomic mass is 10.2. The number of hydrogen-bond acceptors (Lipinski definition) is 4. The van der Waals surface area contributed by atoms with Gasteiger partial charge in [-0.3, -0.25) is 4.79 Å². The van der Waals surface area contributed by atoms with Crippen LogP contribution in [0.1, 0.15) is 36.8 Å².